The van der Waals surface area contributed by atoms with E-state index < -0.39 is 17.7 Å². The number of carbonyl (C=O) groups excluding carboxylic acids is 1. The molecule has 2 rings (SSSR count). The molecular weight excluding hydrogens is 275 g/mol. The van der Waals surface area contributed by atoms with Crippen LogP contribution in [-0.4, -0.2) is 23.2 Å². The van der Waals surface area contributed by atoms with Crippen molar-refractivity contribution < 1.29 is 19.1 Å². The number of hydrogen-bond donors (Lipinski definition) is 2. The molecule has 2 aromatic carbocycles. The first-order valence-electron chi connectivity index (χ1n) is 5.98. The van der Waals surface area contributed by atoms with Crippen LogP contribution in [0.1, 0.15) is 26.3 Å². The predicted molar refractivity (Wildman–Crippen MR) is 74.9 cm³/mol. The zero-order valence-corrected chi connectivity index (χ0v) is 10.8. The normalized spacial score (nSPS) is 10.5. The third kappa shape index (κ3) is 3.97. The Kier molecular flexibility index (Phi) is 4.40. The van der Waals surface area contributed by atoms with E-state index in [0.717, 1.165) is 6.07 Å². The van der Waals surface area contributed by atoms with Crippen molar-refractivity contribution >= 4 is 18.1 Å². The fourth-order valence-corrected chi connectivity index (χ4v) is 1.57. The number of hydrogen-bond acceptors (Lipinski definition) is 3. The van der Waals surface area contributed by atoms with Crippen LogP contribution in [0.25, 0.3) is 0 Å². The van der Waals surface area contributed by atoms with Crippen LogP contribution in [0.5, 0.6) is 0 Å². The van der Waals surface area contributed by atoms with E-state index in [-0.39, 0.29) is 11.1 Å². The van der Waals surface area contributed by atoms with E-state index in [9.17, 15) is 14.0 Å². The number of amides is 1. The van der Waals surface area contributed by atoms with Crippen LogP contribution in [0.2, 0.25) is 0 Å². The fraction of sp³-hybridized carbons (Fsp3) is 0. The topological polar surface area (TPSA) is 78.8 Å². The van der Waals surface area contributed by atoms with Gasteiger partial charge in [-0.25, -0.2) is 14.6 Å². The molecule has 0 spiro atoms. The maximum Gasteiger partial charge on any atom is 0.335 e. The lowest BCUT2D eigenvalue weighted by Crippen LogP contribution is -2.17. The van der Waals surface area contributed by atoms with Gasteiger partial charge in [-0.2, -0.15) is 5.10 Å². The summed E-state index contributed by atoms with van der Waals surface area (Å²) in [6, 6.07) is 11.2. The van der Waals surface area contributed by atoms with Crippen molar-refractivity contribution in [3.63, 3.8) is 0 Å². The van der Waals surface area contributed by atoms with Crippen LogP contribution in [0, 0.1) is 5.82 Å². The van der Waals surface area contributed by atoms with Gasteiger partial charge in [0.2, 0.25) is 0 Å². The number of benzene rings is 2. The molecule has 0 fully saturated rings. The molecule has 21 heavy (non-hydrogen) atoms. The van der Waals surface area contributed by atoms with Crippen LogP contribution < -0.4 is 5.43 Å². The highest BCUT2D eigenvalue weighted by Crippen LogP contribution is 2.04. The summed E-state index contributed by atoms with van der Waals surface area (Å²) in [7, 11) is 0. The molecule has 0 atom stereocenters. The summed E-state index contributed by atoms with van der Waals surface area (Å²) < 4.78 is 13.0. The maximum absolute atomic E-state index is 13.0. The first-order valence-corrected chi connectivity index (χ1v) is 5.98. The summed E-state index contributed by atoms with van der Waals surface area (Å²) in [5.41, 5.74) is 3.21. The summed E-state index contributed by atoms with van der Waals surface area (Å²) in [5.74, 6) is -2.05. The molecule has 0 saturated heterocycles. The summed E-state index contributed by atoms with van der Waals surface area (Å²) in [6.07, 6.45) is 1.36. The molecule has 2 aromatic rings. The number of aromatic carboxylic acids is 1. The Bertz CT molecular complexity index is 696. The van der Waals surface area contributed by atoms with Crippen LogP contribution in [0.3, 0.4) is 0 Å². The number of halogens is 1. The molecule has 0 aliphatic heterocycles. The van der Waals surface area contributed by atoms with Crippen LogP contribution in [0.4, 0.5) is 4.39 Å². The van der Waals surface area contributed by atoms with E-state index in [1.165, 1.54) is 36.5 Å². The lowest BCUT2D eigenvalue weighted by molar-refractivity contribution is 0.0696. The molecule has 0 aromatic heterocycles. The van der Waals surface area contributed by atoms with Gasteiger partial charge in [0.25, 0.3) is 5.91 Å². The van der Waals surface area contributed by atoms with Crippen molar-refractivity contribution in [2.75, 3.05) is 0 Å². The van der Waals surface area contributed by atoms with Gasteiger partial charge in [-0.05, 0) is 35.9 Å². The van der Waals surface area contributed by atoms with E-state index in [1.807, 2.05) is 0 Å². The third-order valence-electron chi connectivity index (χ3n) is 2.62. The second-order valence-electron chi connectivity index (χ2n) is 4.14. The Morgan fingerprint density at radius 3 is 2.43 bits per heavy atom. The highest BCUT2D eigenvalue weighted by molar-refractivity contribution is 5.95. The van der Waals surface area contributed by atoms with Gasteiger partial charge in [0.1, 0.15) is 5.82 Å². The van der Waals surface area contributed by atoms with Gasteiger partial charge >= 0.3 is 5.97 Å². The molecule has 0 unspecified atom stereocenters. The van der Waals surface area contributed by atoms with E-state index in [0.29, 0.717) is 5.56 Å². The molecule has 6 heteroatoms. The summed E-state index contributed by atoms with van der Waals surface area (Å²) in [4.78, 5) is 22.3. The largest absolute Gasteiger partial charge is 0.478 e. The van der Waals surface area contributed by atoms with E-state index in [2.05, 4.69) is 10.5 Å². The highest BCUT2D eigenvalue weighted by atomic mass is 19.1. The van der Waals surface area contributed by atoms with Crippen molar-refractivity contribution in [3.8, 4) is 0 Å². The number of carboxylic acid groups (broad SMARTS) is 1. The van der Waals surface area contributed by atoms with Crippen molar-refractivity contribution in [2.45, 2.75) is 0 Å². The Morgan fingerprint density at radius 2 is 1.81 bits per heavy atom. The van der Waals surface area contributed by atoms with Gasteiger partial charge in [0, 0.05) is 5.56 Å². The number of carbonyl (C=O) groups is 2. The van der Waals surface area contributed by atoms with E-state index in [1.54, 1.807) is 12.1 Å². The zero-order chi connectivity index (χ0) is 15.2. The van der Waals surface area contributed by atoms with Gasteiger partial charge in [0.15, 0.2) is 0 Å². The maximum atomic E-state index is 13.0. The third-order valence-corrected chi connectivity index (χ3v) is 2.62. The average molecular weight is 286 g/mol. The second-order valence-corrected chi connectivity index (χ2v) is 4.14. The predicted octanol–water partition coefficient (Wildman–Crippen LogP) is 2.29. The van der Waals surface area contributed by atoms with Crippen LogP contribution in [0.15, 0.2) is 53.6 Å². The molecule has 0 aliphatic rings. The Labute approximate surface area is 119 Å². The minimum Gasteiger partial charge on any atom is -0.478 e. The fourth-order valence-electron chi connectivity index (χ4n) is 1.57. The van der Waals surface area contributed by atoms with Crippen LogP contribution in [-0.2, 0) is 0 Å². The Morgan fingerprint density at radius 1 is 1.10 bits per heavy atom. The molecule has 0 saturated carbocycles. The average Bonchev–Trinajstić information content (AvgIpc) is 2.47. The van der Waals surface area contributed by atoms with Crippen LogP contribution >= 0.6 is 0 Å². The van der Waals surface area contributed by atoms with Crippen molar-refractivity contribution in [3.05, 3.63) is 71.0 Å². The Hall–Kier alpha value is -3.02. The quantitative estimate of drug-likeness (QED) is 0.668. The molecule has 0 radical (unpaired) electrons. The highest BCUT2D eigenvalue weighted by Gasteiger charge is 2.04. The lowest BCUT2D eigenvalue weighted by Gasteiger charge is -2.00. The molecule has 0 bridgehead atoms. The van der Waals surface area contributed by atoms with Crippen molar-refractivity contribution in [2.24, 2.45) is 5.10 Å². The Balaban J connectivity index is 1.99. The first kappa shape index (κ1) is 14.4. The van der Waals surface area contributed by atoms with Gasteiger partial charge in [-0.15, -0.1) is 0 Å². The number of nitrogens with one attached hydrogen (secondary N) is 1. The monoisotopic (exact) mass is 286 g/mol. The smallest absolute Gasteiger partial charge is 0.335 e. The standard InChI is InChI=1S/C15H11FN2O3/c16-13-3-1-2-12(8-13)14(19)18-17-9-10-4-6-11(7-5-10)15(20)21/h1-9H,(H,18,19)(H,20,21)/b17-9+. The summed E-state index contributed by atoms with van der Waals surface area (Å²) in [5, 5.41) is 12.5. The van der Waals surface area contributed by atoms with E-state index in [4.69, 9.17) is 5.11 Å². The minimum atomic E-state index is -1.02. The number of hydrazone groups is 1. The van der Waals surface area contributed by atoms with Gasteiger partial charge in [0.05, 0.1) is 11.8 Å². The first-order chi connectivity index (χ1) is 10.1. The lowest BCUT2D eigenvalue weighted by atomic mass is 10.1. The number of carboxylic acids is 1. The molecule has 106 valence electrons. The SMILES string of the molecule is O=C(O)c1ccc(/C=N/NC(=O)c2cccc(F)c2)cc1. The minimum absolute atomic E-state index is 0.161. The van der Waals surface area contributed by atoms with Gasteiger partial charge < -0.3 is 5.11 Å². The van der Waals surface area contributed by atoms with Gasteiger partial charge in [-0.3, -0.25) is 4.79 Å². The molecule has 1 amide bonds. The molecule has 0 aliphatic carbocycles. The molecule has 5 nitrogen and oxygen atoms in total. The molecule has 0 heterocycles. The van der Waals surface area contributed by atoms with E-state index >= 15 is 0 Å². The molecule has 2 N–H and O–H groups in total. The summed E-state index contributed by atoms with van der Waals surface area (Å²) in [6.45, 7) is 0. The molecular formula is C15H11FN2O3. The second kappa shape index (κ2) is 6.42. The van der Waals surface area contributed by atoms with Crippen molar-refractivity contribution in [1.29, 1.82) is 0 Å². The van der Waals surface area contributed by atoms with Gasteiger partial charge in [-0.1, -0.05) is 18.2 Å². The summed E-state index contributed by atoms with van der Waals surface area (Å²) >= 11 is 0. The zero-order valence-electron chi connectivity index (χ0n) is 10.8. The van der Waals surface area contributed by atoms with Crippen molar-refractivity contribution in [1.82, 2.24) is 5.43 Å². The number of rotatable bonds is 4. The number of nitrogens with zero attached hydrogens (tertiary/aromatic N) is 1.